The molecular formula is C24H21ClN2O4S. The topological polar surface area (TPSA) is 74.8 Å². The normalized spacial score (nSPS) is 16.7. The van der Waals surface area contributed by atoms with Gasteiger partial charge in [-0.2, -0.15) is 4.31 Å². The highest BCUT2D eigenvalue weighted by Gasteiger charge is 2.46. The molecule has 1 atom stereocenters. The fourth-order valence-corrected chi connectivity index (χ4v) is 5.37. The lowest BCUT2D eigenvalue weighted by atomic mass is 10.2. The van der Waals surface area contributed by atoms with Gasteiger partial charge in [-0.1, -0.05) is 59.6 Å². The van der Waals surface area contributed by atoms with Gasteiger partial charge in [0.15, 0.2) is 0 Å². The van der Waals surface area contributed by atoms with Crippen molar-refractivity contribution in [1.82, 2.24) is 4.31 Å². The number of carbonyl (C=O) groups is 2. The number of halogens is 1. The molecule has 8 heteroatoms. The predicted molar refractivity (Wildman–Crippen MR) is 123 cm³/mol. The van der Waals surface area contributed by atoms with Crippen molar-refractivity contribution in [2.24, 2.45) is 0 Å². The van der Waals surface area contributed by atoms with Gasteiger partial charge in [-0.3, -0.25) is 9.59 Å². The van der Waals surface area contributed by atoms with Gasteiger partial charge in [-0.25, -0.2) is 13.3 Å². The van der Waals surface area contributed by atoms with Crippen LogP contribution in [0, 0.1) is 6.92 Å². The minimum atomic E-state index is -4.06. The van der Waals surface area contributed by atoms with Gasteiger partial charge in [0, 0.05) is 11.6 Å². The number of carbonyl (C=O) groups excluding carboxylic acids is 2. The molecule has 0 aromatic heterocycles. The second-order valence-corrected chi connectivity index (χ2v) is 9.94. The number of sulfonamides is 1. The largest absolute Gasteiger partial charge is 0.274 e. The Morgan fingerprint density at radius 1 is 0.938 bits per heavy atom. The maximum absolute atomic E-state index is 13.6. The molecule has 6 nitrogen and oxygen atoms in total. The molecule has 32 heavy (non-hydrogen) atoms. The van der Waals surface area contributed by atoms with E-state index in [0.717, 1.165) is 14.8 Å². The molecule has 0 aliphatic carbocycles. The number of aryl methyl sites for hydroxylation is 1. The molecule has 1 saturated heterocycles. The Morgan fingerprint density at radius 3 is 2.19 bits per heavy atom. The molecule has 1 fully saturated rings. The van der Waals surface area contributed by atoms with E-state index in [1.807, 2.05) is 13.0 Å². The first-order valence-corrected chi connectivity index (χ1v) is 11.8. The molecule has 2 amide bonds. The zero-order valence-electron chi connectivity index (χ0n) is 17.3. The van der Waals surface area contributed by atoms with Crippen LogP contribution < -0.4 is 4.90 Å². The van der Waals surface area contributed by atoms with E-state index in [2.05, 4.69) is 0 Å². The summed E-state index contributed by atoms with van der Waals surface area (Å²) in [6, 6.07) is 20.6. The third-order valence-electron chi connectivity index (χ3n) is 5.36. The monoisotopic (exact) mass is 468 g/mol. The maximum atomic E-state index is 13.6. The molecule has 1 heterocycles. The van der Waals surface area contributed by atoms with Crippen molar-refractivity contribution in [3.8, 4) is 0 Å². The van der Waals surface area contributed by atoms with Crippen molar-refractivity contribution in [2.75, 3.05) is 4.90 Å². The van der Waals surface area contributed by atoms with Crippen molar-refractivity contribution in [3.05, 3.63) is 95.0 Å². The van der Waals surface area contributed by atoms with Gasteiger partial charge < -0.3 is 0 Å². The van der Waals surface area contributed by atoms with Gasteiger partial charge in [-0.15, -0.1) is 0 Å². The van der Waals surface area contributed by atoms with Gasteiger partial charge >= 0.3 is 0 Å². The molecule has 0 radical (unpaired) electrons. The SMILES string of the molecule is Cc1ccc(S(=O)(=O)N(Cc2ccccc2)C2CC(=O)N(c3ccc(Cl)cc3)C2=O)cc1. The Hall–Kier alpha value is -3.00. The number of hydrogen-bond donors (Lipinski definition) is 0. The Balaban J connectivity index is 1.74. The number of amides is 2. The van der Waals surface area contributed by atoms with Crippen molar-refractivity contribution in [3.63, 3.8) is 0 Å². The molecule has 3 aromatic carbocycles. The highest BCUT2D eigenvalue weighted by atomic mass is 35.5. The van der Waals surface area contributed by atoms with Crippen LogP contribution in [0.4, 0.5) is 5.69 Å². The average Bonchev–Trinajstić information content (AvgIpc) is 3.07. The van der Waals surface area contributed by atoms with Gasteiger partial charge in [0.05, 0.1) is 17.0 Å². The fourth-order valence-electron chi connectivity index (χ4n) is 3.67. The summed E-state index contributed by atoms with van der Waals surface area (Å²) in [7, 11) is -4.06. The molecule has 1 aliphatic rings. The molecule has 0 spiro atoms. The molecule has 164 valence electrons. The summed E-state index contributed by atoms with van der Waals surface area (Å²) in [5.41, 5.74) is 1.99. The van der Waals surface area contributed by atoms with Crippen LogP contribution in [0.25, 0.3) is 0 Å². The summed E-state index contributed by atoms with van der Waals surface area (Å²) in [5, 5.41) is 0.469. The summed E-state index contributed by atoms with van der Waals surface area (Å²) in [5.74, 6) is -1.04. The van der Waals surface area contributed by atoms with Crippen LogP contribution in [-0.4, -0.2) is 30.6 Å². The van der Waals surface area contributed by atoms with Crippen molar-refractivity contribution < 1.29 is 18.0 Å². The summed E-state index contributed by atoms with van der Waals surface area (Å²) in [6.45, 7) is 1.83. The minimum Gasteiger partial charge on any atom is -0.274 e. The summed E-state index contributed by atoms with van der Waals surface area (Å²) >= 11 is 5.92. The molecule has 0 saturated carbocycles. The Labute approximate surface area is 192 Å². The first kappa shape index (κ1) is 22.2. The Kier molecular flexibility index (Phi) is 6.15. The van der Waals surface area contributed by atoms with E-state index in [-0.39, 0.29) is 17.9 Å². The van der Waals surface area contributed by atoms with Crippen LogP contribution in [0.1, 0.15) is 17.5 Å². The Morgan fingerprint density at radius 2 is 1.56 bits per heavy atom. The van der Waals surface area contributed by atoms with Gasteiger partial charge in [0.25, 0.3) is 5.91 Å². The van der Waals surface area contributed by atoms with Crippen LogP contribution >= 0.6 is 11.6 Å². The summed E-state index contributed by atoms with van der Waals surface area (Å²) in [6.07, 6.45) is -0.237. The van der Waals surface area contributed by atoms with Crippen molar-refractivity contribution >= 4 is 39.1 Å². The van der Waals surface area contributed by atoms with E-state index < -0.39 is 27.9 Å². The van der Waals surface area contributed by atoms with Gasteiger partial charge in [0.1, 0.15) is 6.04 Å². The third-order valence-corrected chi connectivity index (χ3v) is 7.48. The molecule has 1 unspecified atom stereocenters. The molecule has 1 aliphatic heterocycles. The zero-order chi connectivity index (χ0) is 22.9. The molecule has 3 aromatic rings. The van der Waals surface area contributed by atoms with E-state index in [9.17, 15) is 18.0 Å². The smallest absolute Gasteiger partial charge is 0.252 e. The van der Waals surface area contributed by atoms with Crippen LogP contribution in [0.3, 0.4) is 0 Å². The number of imide groups is 1. The standard InChI is InChI=1S/C24H21ClN2O4S/c1-17-7-13-21(14-8-17)32(30,31)26(16-18-5-3-2-4-6-18)22-15-23(28)27(24(22)29)20-11-9-19(25)10-12-20/h2-14,22H,15-16H2,1H3. The minimum absolute atomic E-state index is 0.0325. The van der Waals surface area contributed by atoms with E-state index in [1.54, 1.807) is 60.7 Å². The molecule has 4 rings (SSSR count). The van der Waals surface area contributed by atoms with Crippen LogP contribution in [0.15, 0.2) is 83.8 Å². The lowest BCUT2D eigenvalue weighted by Gasteiger charge is -2.27. The predicted octanol–water partition coefficient (Wildman–Crippen LogP) is 4.17. The quantitative estimate of drug-likeness (QED) is 0.509. The molecule has 0 bridgehead atoms. The summed E-state index contributed by atoms with van der Waals surface area (Å²) < 4.78 is 28.3. The number of rotatable bonds is 6. The summed E-state index contributed by atoms with van der Waals surface area (Å²) in [4.78, 5) is 27.2. The average molecular weight is 469 g/mol. The number of hydrogen-bond acceptors (Lipinski definition) is 4. The number of benzene rings is 3. The van der Waals surface area contributed by atoms with E-state index in [1.165, 1.54) is 12.1 Å². The van der Waals surface area contributed by atoms with Crippen molar-refractivity contribution in [2.45, 2.75) is 30.8 Å². The first-order valence-electron chi connectivity index (χ1n) is 10.0. The lowest BCUT2D eigenvalue weighted by molar-refractivity contribution is -0.122. The second kappa shape index (κ2) is 8.86. The van der Waals surface area contributed by atoms with E-state index in [0.29, 0.717) is 16.3 Å². The number of nitrogens with zero attached hydrogens (tertiary/aromatic N) is 2. The van der Waals surface area contributed by atoms with Crippen LogP contribution in [0.2, 0.25) is 5.02 Å². The van der Waals surface area contributed by atoms with Crippen LogP contribution in [-0.2, 0) is 26.2 Å². The first-order chi connectivity index (χ1) is 15.3. The third kappa shape index (κ3) is 4.32. The van der Waals surface area contributed by atoms with E-state index in [4.69, 9.17) is 11.6 Å². The second-order valence-electron chi connectivity index (χ2n) is 7.61. The van der Waals surface area contributed by atoms with E-state index >= 15 is 0 Å². The fraction of sp³-hybridized carbons (Fsp3) is 0.167. The lowest BCUT2D eigenvalue weighted by Crippen LogP contribution is -2.45. The Bertz CT molecular complexity index is 1240. The van der Waals surface area contributed by atoms with Crippen LogP contribution in [0.5, 0.6) is 0 Å². The van der Waals surface area contributed by atoms with Crippen molar-refractivity contribution in [1.29, 1.82) is 0 Å². The molecular weight excluding hydrogens is 448 g/mol. The molecule has 0 N–H and O–H groups in total. The zero-order valence-corrected chi connectivity index (χ0v) is 18.9. The van der Waals surface area contributed by atoms with Gasteiger partial charge in [-0.05, 0) is 48.9 Å². The highest BCUT2D eigenvalue weighted by molar-refractivity contribution is 7.89. The number of anilines is 1. The maximum Gasteiger partial charge on any atom is 0.252 e. The highest BCUT2D eigenvalue weighted by Crippen LogP contribution is 2.31. The van der Waals surface area contributed by atoms with Gasteiger partial charge in [0.2, 0.25) is 15.9 Å².